The molecule has 2 bridgehead atoms. The van der Waals surface area contributed by atoms with Gasteiger partial charge in [0.05, 0.1) is 23.6 Å². The van der Waals surface area contributed by atoms with Gasteiger partial charge >= 0.3 is 6.09 Å². The molecule has 1 aromatic carbocycles. The number of allylic oxidation sites excluding steroid dienone is 2. The Morgan fingerprint density at radius 1 is 1.23 bits per heavy atom. The minimum absolute atomic E-state index is 0. The third-order valence-electron chi connectivity index (χ3n) is 7.25. The van der Waals surface area contributed by atoms with Gasteiger partial charge in [0, 0.05) is 43.9 Å². The Labute approximate surface area is 259 Å². The third-order valence-corrected chi connectivity index (χ3v) is 7.25. The second-order valence-corrected chi connectivity index (χ2v) is 10.6. The van der Waals surface area contributed by atoms with E-state index in [2.05, 4.69) is 17.2 Å². The number of phenols is 2. The van der Waals surface area contributed by atoms with E-state index in [4.69, 9.17) is 19.9 Å². The number of hydrogen-bond donors (Lipinski definition) is 6. The Kier molecular flexibility index (Phi) is 15.3. The maximum Gasteiger partial charge on any atom is 0.405 e. The minimum Gasteiger partial charge on any atom is -0.506 e. The van der Waals surface area contributed by atoms with Crippen LogP contribution < -0.4 is 16.4 Å². The first-order valence-corrected chi connectivity index (χ1v) is 13.8. The number of nitrogens with two attached hydrogens (primary N) is 1. The highest BCUT2D eigenvalue weighted by Gasteiger charge is 2.30. The summed E-state index contributed by atoms with van der Waals surface area (Å²) in [6.45, 7) is 11.1. The van der Waals surface area contributed by atoms with Crippen LogP contribution in [0.25, 0.3) is 0 Å². The Hall–Kier alpha value is -3.51. The van der Waals surface area contributed by atoms with Gasteiger partial charge in [0.15, 0.2) is 6.10 Å². The van der Waals surface area contributed by atoms with Crippen molar-refractivity contribution in [1.82, 2.24) is 0 Å². The van der Waals surface area contributed by atoms with Gasteiger partial charge in [0.2, 0.25) is 0 Å². The molecule has 0 unspecified atom stereocenters. The van der Waals surface area contributed by atoms with Crippen LogP contribution in [-0.2, 0) is 25.4 Å². The Balaban J connectivity index is 0.00000924. The molecule has 0 radical (unpaired) electrons. The van der Waals surface area contributed by atoms with Gasteiger partial charge in [-0.1, -0.05) is 44.2 Å². The van der Waals surface area contributed by atoms with Crippen molar-refractivity contribution in [2.75, 3.05) is 31.4 Å². The molecular formula is C31H46ClN3O8. The van der Waals surface area contributed by atoms with Crippen LogP contribution in [0.3, 0.4) is 0 Å². The number of halogens is 1. The molecule has 7 N–H and O–H groups in total. The number of aromatic hydroxyl groups is 2. The number of benzene rings is 1. The number of hydrogen-bond acceptors (Lipinski definition) is 9. The lowest BCUT2D eigenvalue weighted by Gasteiger charge is -2.29. The molecule has 2 amide bonds. The topological polar surface area (TPSA) is 173 Å². The van der Waals surface area contributed by atoms with Gasteiger partial charge in [-0.2, -0.15) is 0 Å². The number of carbonyl (C=O) groups excluding carboxylic acids is 2. The molecule has 0 spiro atoms. The fraction of sp³-hybridized carbons (Fsp3) is 0.484. The van der Waals surface area contributed by atoms with Gasteiger partial charge in [-0.25, -0.2) is 4.79 Å². The minimum atomic E-state index is -0.990. The zero-order valence-corrected chi connectivity index (χ0v) is 26.4. The summed E-state index contributed by atoms with van der Waals surface area (Å²) in [5, 5.41) is 39.1. The molecule has 1 heterocycles. The number of methoxy groups -OCH3 is 2. The quantitative estimate of drug-likeness (QED) is 0.151. The summed E-state index contributed by atoms with van der Waals surface area (Å²) >= 11 is 0. The molecule has 0 aliphatic carbocycles. The maximum atomic E-state index is 13.0. The second kappa shape index (κ2) is 17.6. The number of aliphatic hydroxyl groups is 1. The van der Waals surface area contributed by atoms with E-state index in [1.807, 2.05) is 13.8 Å². The molecule has 240 valence electrons. The molecule has 0 fully saturated rings. The lowest BCUT2D eigenvalue weighted by Crippen LogP contribution is -2.37. The first-order valence-electron chi connectivity index (χ1n) is 13.8. The first kappa shape index (κ1) is 37.5. The van der Waals surface area contributed by atoms with Crippen molar-refractivity contribution < 1.29 is 39.1 Å². The van der Waals surface area contributed by atoms with Crippen LogP contribution in [-0.4, -0.2) is 72.5 Å². The van der Waals surface area contributed by atoms with Crippen molar-refractivity contribution >= 4 is 35.8 Å². The van der Waals surface area contributed by atoms with E-state index in [-0.39, 0.29) is 35.5 Å². The highest BCUT2D eigenvalue weighted by atomic mass is 35.5. The Morgan fingerprint density at radius 2 is 1.91 bits per heavy atom. The van der Waals surface area contributed by atoms with E-state index in [1.165, 1.54) is 26.4 Å². The molecule has 2 rings (SSSR count). The number of anilines is 2. The predicted octanol–water partition coefficient (Wildman–Crippen LogP) is 4.58. The summed E-state index contributed by atoms with van der Waals surface area (Å²) in [6, 6.07) is 1.28. The molecule has 11 nitrogen and oxygen atoms in total. The number of phenolic OH excluding ortho intramolecular Hbond substituents is 2. The van der Waals surface area contributed by atoms with E-state index in [9.17, 15) is 24.9 Å². The van der Waals surface area contributed by atoms with E-state index in [0.717, 1.165) is 0 Å². The lowest BCUT2D eigenvalue weighted by molar-refractivity contribution is -0.112. The van der Waals surface area contributed by atoms with E-state index < -0.39 is 42.3 Å². The molecule has 6 atom stereocenters. The fourth-order valence-electron chi connectivity index (χ4n) is 4.98. The molecule has 1 aromatic rings. The lowest BCUT2D eigenvalue weighted by atomic mass is 9.87. The smallest absolute Gasteiger partial charge is 0.405 e. The molecule has 1 aliphatic heterocycles. The number of amides is 2. The summed E-state index contributed by atoms with van der Waals surface area (Å²) in [4.78, 5) is 24.7. The fourth-order valence-corrected chi connectivity index (χ4v) is 4.98. The van der Waals surface area contributed by atoms with Crippen molar-refractivity contribution in [2.45, 2.75) is 65.0 Å². The van der Waals surface area contributed by atoms with Gasteiger partial charge in [0.1, 0.15) is 17.6 Å². The number of ether oxygens (including phenoxy) is 3. The normalized spacial score (nSPS) is 28.6. The van der Waals surface area contributed by atoms with Crippen LogP contribution in [0.4, 0.5) is 16.2 Å². The zero-order chi connectivity index (χ0) is 31.6. The maximum absolute atomic E-state index is 13.0. The summed E-state index contributed by atoms with van der Waals surface area (Å²) in [7, 11) is 2.95. The largest absolute Gasteiger partial charge is 0.506 e. The Bertz CT molecular complexity index is 1220. The summed E-state index contributed by atoms with van der Waals surface area (Å²) < 4.78 is 16.6. The molecule has 0 saturated carbocycles. The average molecular weight is 624 g/mol. The molecule has 1 aliphatic rings. The van der Waals surface area contributed by atoms with Gasteiger partial charge in [-0.05, 0) is 38.2 Å². The molecule has 0 aromatic heterocycles. The number of fused-ring (bicyclic) bond motifs is 2. The first-order chi connectivity index (χ1) is 19.8. The van der Waals surface area contributed by atoms with Crippen LogP contribution in [0.2, 0.25) is 0 Å². The summed E-state index contributed by atoms with van der Waals surface area (Å²) in [6.07, 6.45) is 4.64. The molecule has 0 saturated heterocycles. The van der Waals surface area contributed by atoms with Gasteiger partial charge < -0.3 is 45.9 Å². The number of aliphatic hydroxyl groups excluding tert-OH is 1. The van der Waals surface area contributed by atoms with Crippen molar-refractivity contribution in [3.63, 3.8) is 0 Å². The Morgan fingerprint density at radius 3 is 2.49 bits per heavy atom. The van der Waals surface area contributed by atoms with Crippen LogP contribution in [0, 0.1) is 11.8 Å². The zero-order valence-electron chi connectivity index (χ0n) is 25.6. The van der Waals surface area contributed by atoms with E-state index in [0.29, 0.717) is 41.8 Å². The van der Waals surface area contributed by atoms with Crippen LogP contribution in [0.1, 0.15) is 39.7 Å². The number of rotatable bonds is 6. The summed E-state index contributed by atoms with van der Waals surface area (Å²) in [5.74, 6) is -1.41. The van der Waals surface area contributed by atoms with Crippen molar-refractivity contribution in [1.29, 1.82) is 0 Å². The second-order valence-electron chi connectivity index (χ2n) is 10.6. The van der Waals surface area contributed by atoms with Gasteiger partial charge in [-0.3, -0.25) is 4.79 Å². The summed E-state index contributed by atoms with van der Waals surface area (Å²) in [5.41, 5.74) is 7.01. The highest BCUT2D eigenvalue weighted by molar-refractivity contribution is 6.04. The average Bonchev–Trinajstić information content (AvgIpc) is 2.94. The van der Waals surface area contributed by atoms with Crippen LogP contribution in [0.15, 0.2) is 54.2 Å². The van der Waals surface area contributed by atoms with Crippen molar-refractivity contribution in [2.24, 2.45) is 17.6 Å². The van der Waals surface area contributed by atoms with Crippen LogP contribution >= 0.6 is 12.4 Å². The highest BCUT2D eigenvalue weighted by Crippen LogP contribution is 2.42. The standard InChI is InChI=1S/C31H45N3O8.ClH/c1-8-12-33-26-21-13-17(2)14-25(41-7)27(36)19(4)15-20(5)29(42-31(32)39)24(40-6)11-9-10-18(3)30(38)34-22(28(21)37)16-23(26)35;/h8-11,15-17,19,24-25,27,29,33,35-37H,1,12-14H2,2-7H3,(H2,32,39)(H,34,38);1H/b11-9+,18-10-,20-15-;/t17-,19+,24+,25+,27-,29+;/m1./s1. The predicted molar refractivity (Wildman–Crippen MR) is 170 cm³/mol. The number of nitrogens with one attached hydrogen (secondary N) is 2. The molecular weight excluding hydrogens is 578 g/mol. The number of primary amides is 1. The molecule has 12 heteroatoms. The number of carbonyl (C=O) groups is 2. The van der Waals surface area contributed by atoms with Crippen molar-refractivity contribution in [3.8, 4) is 11.5 Å². The third kappa shape index (κ3) is 10.3. The van der Waals surface area contributed by atoms with E-state index in [1.54, 1.807) is 38.2 Å². The molecule has 43 heavy (non-hydrogen) atoms. The van der Waals surface area contributed by atoms with Gasteiger partial charge in [-0.15, -0.1) is 19.0 Å². The van der Waals surface area contributed by atoms with Gasteiger partial charge in [0.25, 0.3) is 5.91 Å². The van der Waals surface area contributed by atoms with Crippen LogP contribution in [0.5, 0.6) is 11.5 Å². The van der Waals surface area contributed by atoms with Crippen molar-refractivity contribution in [3.05, 3.63) is 59.7 Å². The van der Waals surface area contributed by atoms with E-state index >= 15 is 0 Å². The monoisotopic (exact) mass is 623 g/mol. The SMILES string of the molecule is C=CCNc1c(O)cc2c(O)c1C[C@@H](C)C[C@H](OC)[C@H](O)[C@@H](C)/C=C(/C)[C@H](OC(N)=O)[C@@H](OC)/C=C/C=C(/C)C(=O)N2.Cl.